The van der Waals surface area contributed by atoms with Gasteiger partial charge in [-0.1, -0.05) is 12.7 Å². The van der Waals surface area contributed by atoms with Gasteiger partial charge in [-0.05, 0) is 39.3 Å². The number of hydrogen-bond acceptors (Lipinski definition) is 3. The van der Waals surface area contributed by atoms with Gasteiger partial charge in [-0.15, -0.1) is 0 Å². The Bertz CT molecular complexity index is 427. The van der Waals surface area contributed by atoms with Crippen LogP contribution < -0.4 is 5.46 Å². The van der Waals surface area contributed by atoms with Crippen LogP contribution in [-0.2, 0) is 9.31 Å². The fourth-order valence-corrected chi connectivity index (χ4v) is 1.77. The van der Waals surface area contributed by atoms with Crippen LogP contribution in [0.2, 0.25) is 0 Å². The van der Waals surface area contributed by atoms with E-state index in [9.17, 15) is 0 Å². The molecule has 0 bridgehead atoms. The van der Waals surface area contributed by atoms with Crippen LogP contribution in [0.15, 0.2) is 25.0 Å². The Morgan fingerprint density at radius 1 is 1.24 bits per heavy atom. The van der Waals surface area contributed by atoms with Crippen LogP contribution in [0.3, 0.4) is 0 Å². The predicted octanol–water partition coefficient (Wildman–Crippen LogP) is 2.02. The van der Waals surface area contributed by atoms with Crippen molar-refractivity contribution in [1.82, 2.24) is 4.98 Å². The van der Waals surface area contributed by atoms with Gasteiger partial charge in [-0.3, -0.25) is 4.98 Å². The summed E-state index contributed by atoms with van der Waals surface area (Å²) >= 11 is 0. The Morgan fingerprint density at radius 2 is 1.82 bits per heavy atom. The summed E-state index contributed by atoms with van der Waals surface area (Å²) in [4.78, 5) is 4.13. The van der Waals surface area contributed by atoms with Gasteiger partial charge in [0.25, 0.3) is 0 Å². The minimum absolute atomic E-state index is 0.327. The van der Waals surface area contributed by atoms with E-state index in [1.807, 2.05) is 33.8 Å². The van der Waals surface area contributed by atoms with E-state index in [1.165, 1.54) is 0 Å². The highest BCUT2D eigenvalue weighted by Gasteiger charge is 2.52. The molecule has 2 heterocycles. The second-order valence-electron chi connectivity index (χ2n) is 5.30. The van der Waals surface area contributed by atoms with E-state index in [0.29, 0.717) is 0 Å². The summed E-state index contributed by atoms with van der Waals surface area (Å²) in [5.41, 5.74) is 1.28. The van der Waals surface area contributed by atoms with Gasteiger partial charge < -0.3 is 9.31 Å². The zero-order valence-electron chi connectivity index (χ0n) is 10.9. The molecule has 1 aliphatic rings. The minimum atomic E-state index is -0.373. The molecule has 0 atom stereocenters. The molecule has 3 nitrogen and oxygen atoms in total. The van der Waals surface area contributed by atoms with Crippen molar-refractivity contribution in [1.29, 1.82) is 0 Å². The van der Waals surface area contributed by atoms with Crippen molar-refractivity contribution in [2.24, 2.45) is 0 Å². The fraction of sp³-hybridized carbons (Fsp3) is 0.462. The lowest BCUT2D eigenvalue weighted by atomic mass is 9.77. The van der Waals surface area contributed by atoms with Gasteiger partial charge in [0, 0.05) is 17.9 Å². The maximum Gasteiger partial charge on any atom is 0.497 e. The number of pyridine rings is 1. The molecule has 0 N–H and O–H groups in total. The van der Waals surface area contributed by atoms with Crippen molar-refractivity contribution in [3.8, 4) is 0 Å². The highest BCUT2D eigenvalue weighted by Crippen LogP contribution is 2.36. The Kier molecular flexibility index (Phi) is 2.88. The molecule has 4 heteroatoms. The molecule has 0 radical (unpaired) electrons. The van der Waals surface area contributed by atoms with E-state index < -0.39 is 0 Å². The molecule has 0 spiro atoms. The number of nitrogens with zero attached hydrogens (tertiary/aromatic N) is 1. The molecule has 2 rings (SSSR count). The Morgan fingerprint density at radius 3 is 2.35 bits per heavy atom. The molecule has 0 aromatic carbocycles. The molecule has 1 aliphatic heterocycles. The summed E-state index contributed by atoms with van der Waals surface area (Å²) in [6, 6.07) is 1.91. The highest BCUT2D eigenvalue weighted by atomic mass is 16.7. The molecular formula is C13H18BNO2. The average molecular weight is 231 g/mol. The van der Waals surface area contributed by atoms with E-state index in [0.717, 1.165) is 11.0 Å². The van der Waals surface area contributed by atoms with E-state index in [1.54, 1.807) is 18.5 Å². The molecule has 0 unspecified atom stereocenters. The molecule has 1 saturated heterocycles. The van der Waals surface area contributed by atoms with E-state index in [-0.39, 0.29) is 18.3 Å². The molecule has 17 heavy (non-hydrogen) atoms. The molecule has 1 aromatic rings. The highest BCUT2D eigenvalue weighted by molar-refractivity contribution is 6.62. The van der Waals surface area contributed by atoms with Crippen LogP contribution in [0.5, 0.6) is 0 Å². The summed E-state index contributed by atoms with van der Waals surface area (Å²) in [6.45, 7) is 12.0. The summed E-state index contributed by atoms with van der Waals surface area (Å²) < 4.78 is 12.0. The Labute approximate surface area is 103 Å². The van der Waals surface area contributed by atoms with Crippen molar-refractivity contribution in [2.75, 3.05) is 0 Å². The lowest BCUT2D eigenvalue weighted by Gasteiger charge is -2.32. The monoisotopic (exact) mass is 231 g/mol. The average Bonchev–Trinajstić information content (AvgIpc) is 2.48. The molecular weight excluding hydrogens is 213 g/mol. The molecule has 90 valence electrons. The van der Waals surface area contributed by atoms with Gasteiger partial charge in [0.15, 0.2) is 0 Å². The van der Waals surface area contributed by atoms with Gasteiger partial charge in [-0.2, -0.15) is 0 Å². The second-order valence-corrected chi connectivity index (χ2v) is 5.30. The van der Waals surface area contributed by atoms with Gasteiger partial charge in [0.1, 0.15) is 0 Å². The van der Waals surface area contributed by atoms with Crippen LogP contribution in [0.25, 0.3) is 6.08 Å². The number of aromatic nitrogens is 1. The lowest BCUT2D eigenvalue weighted by Crippen LogP contribution is -2.41. The van der Waals surface area contributed by atoms with Crippen LogP contribution >= 0.6 is 0 Å². The van der Waals surface area contributed by atoms with E-state index >= 15 is 0 Å². The third kappa shape index (κ3) is 2.03. The van der Waals surface area contributed by atoms with Crippen molar-refractivity contribution in [3.05, 3.63) is 30.6 Å². The lowest BCUT2D eigenvalue weighted by molar-refractivity contribution is 0.00578. The van der Waals surface area contributed by atoms with Crippen molar-refractivity contribution >= 4 is 18.7 Å². The first-order valence-electron chi connectivity index (χ1n) is 5.79. The van der Waals surface area contributed by atoms with Gasteiger partial charge in [-0.25, -0.2) is 0 Å². The first kappa shape index (κ1) is 12.3. The Hall–Kier alpha value is -1.13. The number of hydrogen-bond donors (Lipinski definition) is 0. The third-order valence-electron chi connectivity index (χ3n) is 3.61. The maximum absolute atomic E-state index is 5.98. The first-order valence-corrected chi connectivity index (χ1v) is 5.79. The molecule has 0 aliphatic carbocycles. The number of rotatable bonds is 2. The zero-order chi connectivity index (χ0) is 12.7. The fourth-order valence-electron chi connectivity index (χ4n) is 1.77. The van der Waals surface area contributed by atoms with Crippen molar-refractivity contribution in [2.45, 2.75) is 38.9 Å². The zero-order valence-corrected chi connectivity index (χ0v) is 10.9. The summed E-state index contributed by atoms with van der Waals surface area (Å²) in [5.74, 6) is 0. The summed E-state index contributed by atoms with van der Waals surface area (Å²) in [6.07, 6.45) is 5.31. The van der Waals surface area contributed by atoms with Crippen LogP contribution in [0.1, 0.15) is 33.3 Å². The van der Waals surface area contributed by atoms with Gasteiger partial charge in [0.2, 0.25) is 0 Å². The standard InChI is InChI=1S/C13H18BNO2/c1-6-10-7-8-15-9-11(10)14-16-12(2,3)13(4,5)17-14/h6-9H,1H2,2-5H3. The molecule has 1 fully saturated rings. The van der Waals surface area contributed by atoms with Crippen molar-refractivity contribution in [3.63, 3.8) is 0 Å². The molecule has 0 saturated carbocycles. The van der Waals surface area contributed by atoms with Crippen LogP contribution in [0, 0.1) is 0 Å². The summed E-state index contributed by atoms with van der Waals surface area (Å²) in [5, 5.41) is 0. The normalized spacial score (nSPS) is 21.5. The predicted molar refractivity (Wildman–Crippen MR) is 70.0 cm³/mol. The second kappa shape index (κ2) is 3.96. The van der Waals surface area contributed by atoms with Gasteiger partial charge in [0.05, 0.1) is 11.2 Å². The SMILES string of the molecule is C=Cc1ccncc1B1OC(C)(C)C(C)(C)O1. The van der Waals surface area contributed by atoms with E-state index in [2.05, 4.69) is 11.6 Å². The van der Waals surface area contributed by atoms with Crippen LogP contribution in [0.4, 0.5) is 0 Å². The third-order valence-corrected chi connectivity index (χ3v) is 3.61. The Balaban J connectivity index is 2.35. The molecule has 0 amide bonds. The molecule has 1 aromatic heterocycles. The largest absolute Gasteiger partial charge is 0.497 e. The quantitative estimate of drug-likeness (QED) is 0.729. The summed E-state index contributed by atoms with van der Waals surface area (Å²) in [7, 11) is -0.373. The smallest absolute Gasteiger partial charge is 0.399 e. The maximum atomic E-state index is 5.98. The van der Waals surface area contributed by atoms with Gasteiger partial charge >= 0.3 is 7.12 Å². The van der Waals surface area contributed by atoms with Crippen molar-refractivity contribution < 1.29 is 9.31 Å². The van der Waals surface area contributed by atoms with E-state index in [4.69, 9.17) is 9.31 Å². The first-order chi connectivity index (χ1) is 7.87. The topological polar surface area (TPSA) is 31.4 Å². The minimum Gasteiger partial charge on any atom is -0.399 e. The van der Waals surface area contributed by atoms with Crippen LogP contribution in [-0.4, -0.2) is 23.3 Å².